The highest BCUT2D eigenvalue weighted by molar-refractivity contribution is 5.82. The van der Waals surface area contributed by atoms with Gasteiger partial charge in [-0.25, -0.2) is 0 Å². The van der Waals surface area contributed by atoms with E-state index in [2.05, 4.69) is 42.5 Å². The Labute approximate surface area is 78.0 Å². The second-order valence-corrected chi connectivity index (χ2v) is 3.11. The van der Waals surface area contributed by atoms with Gasteiger partial charge in [-0.1, -0.05) is 36.4 Å². The number of fused-ring (bicyclic) bond motifs is 1. The zero-order valence-corrected chi connectivity index (χ0v) is 7.66. The minimum Gasteiger partial charge on any atom is -0.380 e. The molecule has 0 N–H and O–H groups in total. The molecule has 1 heteroatoms. The molecule has 0 spiro atoms. The van der Waals surface area contributed by atoms with Crippen LogP contribution in [0.2, 0.25) is 0 Å². The average molecular weight is 172 g/mol. The molecule has 0 heterocycles. The van der Waals surface area contributed by atoms with Crippen LogP contribution in [0.3, 0.4) is 0 Å². The van der Waals surface area contributed by atoms with Crippen LogP contribution in [0, 0.1) is 0 Å². The fraction of sp³-hybridized carbons (Fsp3) is 0.167. The van der Waals surface area contributed by atoms with Crippen LogP contribution in [0.15, 0.2) is 42.5 Å². The molecule has 2 aromatic rings. The third kappa shape index (κ3) is 1.70. The molecule has 13 heavy (non-hydrogen) atoms. The Morgan fingerprint density at radius 2 is 1.77 bits per heavy atom. The van der Waals surface area contributed by atoms with Crippen LogP contribution in [0.1, 0.15) is 5.56 Å². The van der Waals surface area contributed by atoms with Crippen LogP contribution in [-0.4, -0.2) is 7.11 Å². The van der Waals surface area contributed by atoms with Crippen LogP contribution in [0.25, 0.3) is 10.8 Å². The number of rotatable bonds is 2. The van der Waals surface area contributed by atoms with Crippen molar-refractivity contribution >= 4 is 10.8 Å². The molecular formula is C12H12O. The monoisotopic (exact) mass is 172 g/mol. The molecule has 2 aromatic carbocycles. The van der Waals surface area contributed by atoms with E-state index in [9.17, 15) is 0 Å². The van der Waals surface area contributed by atoms with Crippen molar-refractivity contribution in [1.82, 2.24) is 0 Å². The van der Waals surface area contributed by atoms with Crippen LogP contribution in [0.4, 0.5) is 0 Å². The van der Waals surface area contributed by atoms with Crippen molar-refractivity contribution in [3.05, 3.63) is 48.0 Å². The molecule has 0 amide bonds. The molecule has 0 aliphatic rings. The highest BCUT2D eigenvalue weighted by atomic mass is 16.5. The third-order valence-electron chi connectivity index (χ3n) is 2.12. The highest BCUT2D eigenvalue weighted by Gasteiger charge is 1.94. The van der Waals surface area contributed by atoms with Gasteiger partial charge in [-0.3, -0.25) is 0 Å². The lowest BCUT2D eigenvalue weighted by atomic mass is 10.1. The average Bonchev–Trinajstić information content (AvgIpc) is 2.18. The van der Waals surface area contributed by atoms with E-state index in [-0.39, 0.29) is 0 Å². The van der Waals surface area contributed by atoms with E-state index in [1.807, 2.05) is 0 Å². The Kier molecular flexibility index (Phi) is 2.28. The first-order valence-corrected chi connectivity index (χ1v) is 4.37. The van der Waals surface area contributed by atoms with Gasteiger partial charge in [0.1, 0.15) is 0 Å². The molecule has 0 aliphatic carbocycles. The normalized spacial score (nSPS) is 10.5. The standard InChI is InChI=1S/C12H12O/c1-13-9-10-6-7-11-4-2-3-5-12(11)8-10/h2-8H,9H2,1H3. The zero-order valence-electron chi connectivity index (χ0n) is 7.66. The molecule has 1 nitrogen and oxygen atoms in total. The van der Waals surface area contributed by atoms with E-state index in [0.717, 1.165) is 0 Å². The summed E-state index contributed by atoms with van der Waals surface area (Å²) >= 11 is 0. The number of benzene rings is 2. The van der Waals surface area contributed by atoms with Crippen LogP contribution < -0.4 is 0 Å². The molecule has 0 fully saturated rings. The molecular weight excluding hydrogens is 160 g/mol. The summed E-state index contributed by atoms with van der Waals surface area (Å²) in [6.45, 7) is 0.685. The third-order valence-corrected chi connectivity index (χ3v) is 2.12. The summed E-state index contributed by atoms with van der Waals surface area (Å²) in [5, 5.41) is 2.56. The summed E-state index contributed by atoms with van der Waals surface area (Å²) in [7, 11) is 1.72. The molecule has 0 radical (unpaired) electrons. The Bertz CT molecular complexity index is 407. The molecule has 0 bridgehead atoms. The first-order valence-electron chi connectivity index (χ1n) is 4.37. The van der Waals surface area contributed by atoms with E-state index in [1.165, 1.54) is 16.3 Å². The Balaban J connectivity index is 2.49. The quantitative estimate of drug-likeness (QED) is 0.676. The van der Waals surface area contributed by atoms with Gasteiger partial charge < -0.3 is 4.74 Å². The molecule has 2 rings (SSSR count). The summed E-state index contributed by atoms with van der Waals surface area (Å²) in [5.74, 6) is 0. The maximum atomic E-state index is 5.08. The fourth-order valence-corrected chi connectivity index (χ4v) is 1.50. The largest absolute Gasteiger partial charge is 0.380 e. The predicted molar refractivity (Wildman–Crippen MR) is 54.7 cm³/mol. The molecule has 0 atom stereocenters. The van der Waals surface area contributed by atoms with Gasteiger partial charge in [0.05, 0.1) is 6.61 Å². The van der Waals surface area contributed by atoms with Crippen molar-refractivity contribution in [2.45, 2.75) is 6.61 Å². The van der Waals surface area contributed by atoms with Crippen LogP contribution in [0.5, 0.6) is 0 Å². The van der Waals surface area contributed by atoms with Gasteiger partial charge in [-0.05, 0) is 22.4 Å². The molecule has 66 valence electrons. The maximum absolute atomic E-state index is 5.08. The predicted octanol–water partition coefficient (Wildman–Crippen LogP) is 2.99. The first kappa shape index (κ1) is 8.27. The fourth-order valence-electron chi connectivity index (χ4n) is 1.50. The molecule has 0 aromatic heterocycles. The first-order chi connectivity index (χ1) is 6.40. The van der Waals surface area contributed by atoms with Crippen molar-refractivity contribution in [3.8, 4) is 0 Å². The van der Waals surface area contributed by atoms with Gasteiger partial charge in [0.25, 0.3) is 0 Å². The minimum absolute atomic E-state index is 0.685. The van der Waals surface area contributed by atoms with Crippen molar-refractivity contribution < 1.29 is 4.74 Å². The van der Waals surface area contributed by atoms with Gasteiger partial charge in [0.2, 0.25) is 0 Å². The van der Waals surface area contributed by atoms with Crippen LogP contribution >= 0.6 is 0 Å². The topological polar surface area (TPSA) is 9.23 Å². The van der Waals surface area contributed by atoms with E-state index in [1.54, 1.807) is 7.11 Å². The van der Waals surface area contributed by atoms with Crippen LogP contribution in [-0.2, 0) is 11.3 Å². The summed E-state index contributed by atoms with van der Waals surface area (Å²) in [6, 6.07) is 14.7. The lowest BCUT2D eigenvalue weighted by molar-refractivity contribution is 0.185. The van der Waals surface area contributed by atoms with Crippen molar-refractivity contribution in [2.24, 2.45) is 0 Å². The number of methoxy groups -OCH3 is 1. The second-order valence-electron chi connectivity index (χ2n) is 3.11. The number of hydrogen-bond donors (Lipinski definition) is 0. The van der Waals surface area contributed by atoms with Crippen molar-refractivity contribution in [3.63, 3.8) is 0 Å². The lowest BCUT2D eigenvalue weighted by Gasteiger charge is -2.01. The molecule has 0 saturated heterocycles. The van der Waals surface area contributed by atoms with Gasteiger partial charge in [-0.2, -0.15) is 0 Å². The Morgan fingerprint density at radius 3 is 2.54 bits per heavy atom. The SMILES string of the molecule is COCc1ccc2ccccc2c1. The van der Waals surface area contributed by atoms with Crippen molar-refractivity contribution in [2.75, 3.05) is 7.11 Å². The summed E-state index contributed by atoms with van der Waals surface area (Å²) in [6.07, 6.45) is 0. The van der Waals surface area contributed by atoms with E-state index in [4.69, 9.17) is 4.74 Å². The second kappa shape index (κ2) is 3.58. The molecule has 0 aliphatic heterocycles. The summed E-state index contributed by atoms with van der Waals surface area (Å²) in [5.41, 5.74) is 1.22. The zero-order chi connectivity index (χ0) is 9.10. The summed E-state index contributed by atoms with van der Waals surface area (Å²) < 4.78 is 5.08. The van der Waals surface area contributed by atoms with E-state index in [0.29, 0.717) is 6.61 Å². The minimum atomic E-state index is 0.685. The van der Waals surface area contributed by atoms with Gasteiger partial charge in [0, 0.05) is 7.11 Å². The Hall–Kier alpha value is -1.34. The van der Waals surface area contributed by atoms with E-state index >= 15 is 0 Å². The van der Waals surface area contributed by atoms with Crippen molar-refractivity contribution in [1.29, 1.82) is 0 Å². The molecule has 0 unspecified atom stereocenters. The lowest BCUT2D eigenvalue weighted by Crippen LogP contribution is -1.86. The maximum Gasteiger partial charge on any atom is 0.0713 e. The molecule has 0 saturated carbocycles. The van der Waals surface area contributed by atoms with Gasteiger partial charge >= 0.3 is 0 Å². The van der Waals surface area contributed by atoms with E-state index < -0.39 is 0 Å². The van der Waals surface area contributed by atoms with Gasteiger partial charge in [-0.15, -0.1) is 0 Å². The summed E-state index contributed by atoms with van der Waals surface area (Å²) in [4.78, 5) is 0. The number of hydrogen-bond acceptors (Lipinski definition) is 1. The number of ether oxygens (including phenoxy) is 1. The van der Waals surface area contributed by atoms with Gasteiger partial charge in [0.15, 0.2) is 0 Å². The highest BCUT2D eigenvalue weighted by Crippen LogP contribution is 2.15. The smallest absolute Gasteiger partial charge is 0.0713 e. The Morgan fingerprint density at radius 1 is 1.00 bits per heavy atom.